The molecule has 3 heterocycles. The summed E-state index contributed by atoms with van der Waals surface area (Å²) in [7, 11) is 1.53. The van der Waals surface area contributed by atoms with E-state index >= 15 is 0 Å². The van der Waals surface area contributed by atoms with Gasteiger partial charge in [-0.15, -0.1) is 0 Å². The minimum atomic E-state index is -0.944. The summed E-state index contributed by atoms with van der Waals surface area (Å²) in [6.07, 6.45) is 3.78. The molecule has 184 valence electrons. The van der Waals surface area contributed by atoms with Crippen molar-refractivity contribution >= 4 is 41.2 Å². The predicted octanol–water partition coefficient (Wildman–Crippen LogP) is 1.88. The van der Waals surface area contributed by atoms with Gasteiger partial charge in [0.2, 0.25) is 11.8 Å². The van der Waals surface area contributed by atoms with Gasteiger partial charge in [0.05, 0.1) is 35.6 Å². The second-order valence-corrected chi connectivity index (χ2v) is 9.24. The van der Waals surface area contributed by atoms with Crippen LogP contribution in [0.5, 0.6) is 5.75 Å². The lowest BCUT2D eigenvalue weighted by Crippen LogP contribution is -2.49. The third-order valence-electron chi connectivity index (χ3n) is 7.37. The normalized spacial score (nSPS) is 23.5. The van der Waals surface area contributed by atoms with Crippen molar-refractivity contribution in [3.63, 3.8) is 0 Å². The van der Waals surface area contributed by atoms with Crippen LogP contribution in [-0.4, -0.2) is 46.6 Å². The van der Waals surface area contributed by atoms with E-state index in [1.54, 1.807) is 24.3 Å². The van der Waals surface area contributed by atoms with E-state index in [-0.39, 0.29) is 22.9 Å². The van der Waals surface area contributed by atoms with Gasteiger partial charge < -0.3 is 9.64 Å². The number of fused-ring (bicyclic) bond motifs is 4. The van der Waals surface area contributed by atoms with E-state index in [9.17, 15) is 24.5 Å². The van der Waals surface area contributed by atoms with Gasteiger partial charge in [0.25, 0.3) is 5.69 Å². The Morgan fingerprint density at radius 1 is 0.892 bits per heavy atom. The molecule has 0 bridgehead atoms. The van der Waals surface area contributed by atoms with Gasteiger partial charge in [0, 0.05) is 23.9 Å². The van der Waals surface area contributed by atoms with E-state index < -0.39 is 34.7 Å². The maximum Gasteiger partial charge on any atom is 0.269 e. The highest BCUT2D eigenvalue weighted by Crippen LogP contribution is 2.46. The van der Waals surface area contributed by atoms with Crippen molar-refractivity contribution in [2.75, 3.05) is 12.0 Å². The Hall–Kier alpha value is -4.79. The molecule has 0 radical (unpaired) electrons. The molecule has 0 aliphatic carbocycles. The summed E-state index contributed by atoms with van der Waals surface area (Å²) < 4.78 is 5.19. The van der Waals surface area contributed by atoms with E-state index in [1.165, 1.54) is 31.4 Å². The fourth-order valence-corrected chi connectivity index (χ4v) is 5.64. The van der Waals surface area contributed by atoms with Crippen molar-refractivity contribution in [2.24, 2.45) is 11.8 Å². The van der Waals surface area contributed by atoms with Crippen LogP contribution in [0.15, 0.2) is 72.8 Å². The number of Topliss-reactive ketones (excluding diaryl/α,β-unsaturated/α-hetero) is 1. The monoisotopic (exact) mass is 495 g/mol. The number of nitro groups is 1. The van der Waals surface area contributed by atoms with Crippen LogP contribution in [0.4, 0.5) is 11.4 Å². The Kier molecular flexibility index (Phi) is 5.15. The van der Waals surface area contributed by atoms with Crippen LogP contribution in [0.25, 0.3) is 12.3 Å². The molecule has 0 saturated carbocycles. The number of carbonyl (C=O) groups excluding carboxylic acids is 3. The molecule has 3 aliphatic rings. The number of hydrogen-bond acceptors (Lipinski definition) is 7. The fraction of sp³-hybridized carbons (Fsp3) is 0.179. The van der Waals surface area contributed by atoms with Crippen LogP contribution in [0.2, 0.25) is 0 Å². The molecule has 37 heavy (non-hydrogen) atoms. The van der Waals surface area contributed by atoms with Crippen LogP contribution in [-0.2, 0) is 9.59 Å². The molecule has 2 amide bonds. The Balaban J connectivity index is 1.46. The molecule has 2 saturated heterocycles. The van der Waals surface area contributed by atoms with E-state index in [4.69, 9.17) is 4.74 Å². The summed E-state index contributed by atoms with van der Waals surface area (Å²) >= 11 is 0. The SMILES string of the molecule is COc1ccc(N2C(=O)[C@@H]3[C@H](C2=O)[C@@H]2C=c4ccccc4=CN2[C@@H]3C(=O)c2ccc([N+](=O)[O-])cc2)cc1. The second-order valence-electron chi connectivity index (χ2n) is 9.24. The summed E-state index contributed by atoms with van der Waals surface area (Å²) in [5.74, 6) is -2.25. The second kappa shape index (κ2) is 8.41. The van der Waals surface area contributed by atoms with Gasteiger partial charge in [-0.1, -0.05) is 30.3 Å². The number of hydrogen-bond donors (Lipinski definition) is 0. The first kappa shape index (κ1) is 22.7. The average Bonchev–Trinajstić information content (AvgIpc) is 3.38. The van der Waals surface area contributed by atoms with Crippen molar-refractivity contribution in [3.05, 3.63) is 98.9 Å². The first-order chi connectivity index (χ1) is 17.9. The summed E-state index contributed by atoms with van der Waals surface area (Å²) in [4.78, 5) is 55.0. The number of ether oxygens (including phenoxy) is 1. The van der Waals surface area contributed by atoms with Crippen LogP contribution >= 0.6 is 0 Å². The molecule has 4 atom stereocenters. The van der Waals surface area contributed by atoms with Gasteiger partial charge in [0.15, 0.2) is 5.78 Å². The molecule has 0 aromatic heterocycles. The predicted molar refractivity (Wildman–Crippen MR) is 134 cm³/mol. The highest BCUT2D eigenvalue weighted by Gasteiger charge is 2.63. The van der Waals surface area contributed by atoms with Crippen molar-refractivity contribution in [1.82, 2.24) is 4.90 Å². The van der Waals surface area contributed by atoms with E-state index in [0.29, 0.717) is 11.4 Å². The van der Waals surface area contributed by atoms with Crippen LogP contribution < -0.4 is 20.1 Å². The van der Waals surface area contributed by atoms with Gasteiger partial charge in [-0.3, -0.25) is 24.5 Å². The topological polar surface area (TPSA) is 110 Å². The zero-order valence-electron chi connectivity index (χ0n) is 19.7. The Bertz CT molecular complexity index is 1580. The van der Waals surface area contributed by atoms with Crippen molar-refractivity contribution < 1.29 is 24.0 Å². The number of nitro benzene ring substituents is 1. The maximum atomic E-state index is 13.9. The first-order valence-corrected chi connectivity index (χ1v) is 11.8. The number of imide groups is 1. The van der Waals surface area contributed by atoms with E-state index in [2.05, 4.69) is 0 Å². The Labute approximate surface area is 211 Å². The number of carbonyl (C=O) groups is 3. The largest absolute Gasteiger partial charge is 0.497 e. The molecule has 3 aliphatic heterocycles. The number of nitrogens with zero attached hydrogens (tertiary/aromatic N) is 3. The van der Waals surface area contributed by atoms with Crippen LogP contribution in [0, 0.1) is 22.0 Å². The van der Waals surface area contributed by atoms with Gasteiger partial charge >= 0.3 is 0 Å². The zero-order valence-corrected chi connectivity index (χ0v) is 19.7. The molecule has 9 heteroatoms. The minimum absolute atomic E-state index is 0.136. The molecule has 0 N–H and O–H groups in total. The quantitative estimate of drug-likeness (QED) is 0.230. The third kappa shape index (κ3) is 3.42. The summed E-state index contributed by atoms with van der Waals surface area (Å²) in [5, 5.41) is 12.9. The lowest BCUT2D eigenvalue weighted by molar-refractivity contribution is -0.384. The number of rotatable bonds is 5. The van der Waals surface area contributed by atoms with Crippen LogP contribution in [0.1, 0.15) is 10.4 Å². The Morgan fingerprint density at radius 3 is 2.19 bits per heavy atom. The lowest BCUT2D eigenvalue weighted by Gasteiger charge is -2.32. The van der Waals surface area contributed by atoms with Crippen molar-refractivity contribution in [3.8, 4) is 5.75 Å². The molecular weight excluding hydrogens is 474 g/mol. The van der Waals surface area contributed by atoms with Crippen molar-refractivity contribution in [2.45, 2.75) is 12.1 Å². The highest BCUT2D eigenvalue weighted by atomic mass is 16.6. The number of benzene rings is 3. The number of non-ortho nitro benzene ring substituents is 1. The van der Waals surface area contributed by atoms with E-state index in [1.807, 2.05) is 41.4 Å². The number of ketones is 1. The Morgan fingerprint density at radius 2 is 1.54 bits per heavy atom. The average molecular weight is 495 g/mol. The standard InChI is InChI=1S/C28H21N3O6/c1-37-21-12-10-19(11-13-21)30-27(33)23-22-14-17-4-2-3-5-18(17)15-29(22)25(24(23)28(30)34)26(32)16-6-8-20(9-7-16)31(35)36/h2-15,22-25H,1H3/t22-,23+,24+,25-/m0/s1. The zero-order chi connectivity index (χ0) is 25.8. The smallest absolute Gasteiger partial charge is 0.269 e. The van der Waals surface area contributed by atoms with Crippen molar-refractivity contribution in [1.29, 1.82) is 0 Å². The van der Waals surface area contributed by atoms with Crippen LogP contribution in [0.3, 0.4) is 0 Å². The first-order valence-electron chi connectivity index (χ1n) is 11.8. The molecule has 2 fully saturated rings. The molecule has 3 aromatic rings. The summed E-state index contributed by atoms with van der Waals surface area (Å²) in [6.45, 7) is 0. The molecular formula is C28H21N3O6. The summed E-state index contributed by atoms with van der Waals surface area (Å²) in [6, 6.07) is 18.2. The summed E-state index contributed by atoms with van der Waals surface area (Å²) in [5.41, 5.74) is 0.521. The fourth-order valence-electron chi connectivity index (χ4n) is 5.64. The maximum absolute atomic E-state index is 13.9. The third-order valence-corrected chi connectivity index (χ3v) is 7.37. The highest BCUT2D eigenvalue weighted by molar-refractivity contribution is 6.25. The van der Waals surface area contributed by atoms with E-state index in [0.717, 1.165) is 15.3 Å². The minimum Gasteiger partial charge on any atom is -0.497 e. The lowest BCUT2D eigenvalue weighted by atomic mass is 9.86. The van der Waals surface area contributed by atoms with Gasteiger partial charge in [-0.2, -0.15) is 0 Å². The number of amides is 2. The van der Waals surface area contributed by atoms with Gasteiger partial charge in [-0.05, 0) is 46.8 Å². The molecule has 6 rings (SSSR count). The molecule has 3 aromatic carbocycles. The van der Waals surface area contributed by atoms with Gasteiger partial charge in [0.1, 0.15) is 11.8 Å². The number of methoxy groups -OCH3 is 1. The van der Waals surface area contributed by atoms with Gasteiger partial charge in [-0.25, -0.2) is 4.90 Å². The molecule has 0 spiro atoms. The molecule has 9 nitrogen and oxygen atoms in total. The number of anilines is 1. The molecule has 0 unspecified atom stereocenters.